The fraction of sp³-hybridized carbons (Fsp3) is 0.474. The molecule has 1 fully saturated rings. The minimum absolute atomic E-state index is 0.809. The van der Waals surface area contributed by atoms with Crippen molar-refractivity contribution < 1.29 is 0 Å². The lowest BCUT2D eigenvalue weighted by Crippen LogP contribution is -2.25. The smallest absolute Gasteiger partial charge is 0.136 e. The van der Waals surface area contributed by atoms with Crippen LogP contribution in [-0.4, -0.2) is 37.2 Å². The second-order valence-corrected chi connectivity index (χ2v) is 6.63. The van der Waals surface area contributed by atoms with E-state index in [1.165, 1.54) is 31.4 Å². The van der Waals surface area contributed by atoms with Gasteiger partial charge in [-0.25, -0.2) is 9.97 Å². The molecule has 24 heavy (non-hydrogen) atoms. The van der Waals surface area contributed by atoms with Gasteiger partial charge in [0.1, 0.15) is 17.5 Å². The van der Waals surface area contributed by atoms with Crippen molar-refractivity contribution in [3.05, 3.63) is 36.2 Å². The molecular weight excluding hydrogens is 298 g/mol. The van der Waals surface area contributed by atoms with Gasteiger partial charge in [0.15, 0.2) is 0 Å². The Hall–Kier alpha value is -2.30. The van der Waals surface area contributed by atoms with Crippen molar-refractivity contribution in [2.75, 3.05) is 42.3 Å². The monoisotopic (exact) mass is 325 g/mol. The largest absolute Gasteiger partial charge is 0.378 e. The van der Waals surface area contributed by atoms with Crippen LogP contribution in [0.25, 0.3) is 0 Å². The third kappa shape index (κ3) is 4.16. The summed E-state index contributed by atoms with van der Waals surface area (Å²) in [4.78, 5) is 13.7. The van der Waals surface area contributed by atoms with E-state index in [9.17, 15) is 0 Å². The first-order valence-corrected chi connectivity index (χ1v) is 8.77. The summed E-state index contributed by atoms with van der Waals surface area (Å²) in [7, 11) is 4.09. The highest BCUT2D eigenvalue weighted by atomic mass is 15.2. The molecule has 1 aliphatic heterocycles. The van der Waals surface area contributed by atoms with Gasteiger partial charge in [-0.1, -0.05) is 12.8 Å². The second kappa shape index (κ2) is 7.51. The summed E-state index contributed by atoms with van der Waals surface area (Å²) < 4.78 is 0. The Bertz CT molecular complexity index is 658. The normalized spacial score (nSPS) is 15.0. The fourth-order valence-corrected chi connectivity index (χ4v) is 3.07. The molecule has 2 heterocycles. The summed E-state index contributed by atoms with van der Waals surface area (Å²) in [6.07, 6.45) is 5.14. The first-order chi connectivity index (χ1) is 11.6. The standard InChI is InChI=1S/C19H27N5/c1-15-20-18(22-16-8-10-17(11-9-16)23(2)3)14-19(21-15)24-12-6-4-5-7-13-24/h8-11,14H,4-7,12-13H2,1-3H3,(H,20,21,22). The van der Waals surface area contributed by atoms with Crippen molar-refractivity contribution >= 4 is 23.0 Å². The molecule has 5 heteroatoms. The summed E-state index contributed by atoms with van der Waals surface area (Å²) in [6.45, 7) is 4.14. The Labute approximate surface area is 144 Å². The Kier molecular flexibility index (Phi) is 5.18. The van der Waals surface area contributed by atoms with Crippen molar-refractivity contribution in [2.45, 2.75) is 32.6 Å². The Balaban J connectivity index is 1.77. The highest BCUT2D eigenvalue weighted by Crippen LogP contribution is 2.23. The van der Waals surface area contributed by atoms with Crippen LogP contribution in [0.2, 0.25) is 0 Å². The molecule has 0 radical (unpaired) electrons. The zero-order valence-corrected chi connectivity index (χ0v) is 14.9. The highest BCUT2D eigenvalue weighted by Gasteiger charge is 2.13. The summed E-state index contributed by atoms with van der Waals surface area (Å²) >= 11 is 0. The van der Waals surface area contributed by atoms with Gasteiger partial charge in [-0.15, -0.1) is 0 Å². The first-order valence-electron chi connectivity index (χ1n) is 8.77. The van der Waals surface area contributed by atoms with Crippen LogP contribution >= 0.6 is 0 Å². The quantitative estimate of drug-likeness (QED) is 0.921. The lowest BCUT2D eigenvalue weighted by atomic mass is 10.2. The van der Waals surface area contributed by atoms with Crippen LogP contribution in [0.4, 0.5) is 23.0 Å². The second-order valence-electron chi connectivity index (χ2n) is 6.63. The number of nitrogens with one attached hydrogen (secondary N) is 1. The lowest BCUT2D eigenvalue weighted by molar-refractivity contribution is 0.726. The molecule has 3 rings (SSSR count). The van der Waals surface area contributed by atoms with E-state index in [1.807, 2.05) is 21.0 Å². The van der Waals surface area contributed by atoms with Crippen molar-refractivity contribution in [1.82, 2.24) is 9.97 Å². The number of aryl methyl sites for hydroxylation is 1. The zero-order valence-electron chi connectivity index (χ0n) is 14.9. The molecule has 0 spiro atoms. The topological polar surface area (TPSA) is 44.3 Å². The van der Waals surface area contributed by atoms with Crippen molar-refractivity contribution in [2.24, 2.45) is 0 Å². The number of nitrogens with zero attached hydrogens (tertiary/aromatic N) is 4. The van der Waals surface area contributed by atoms with E-state index < -0.39 is 0 Å². The first kappa shape index (κ1) is 16.6. The maximum atomic E-state index is 4.65. The van der Waals surface area contributed by atoms with E-state index in [0.29, 0.717) is 0 Å². The van der Waals surface area contributed by atoms with Gasteiger partial charge in [-0.3, -0.25) is 0 Å². The van der Waals surface area contributed by atoms with Gasteiger partial charge in [0.2, 0.25) is 0 Å². The van der Waals surface area contributed by atoms with E-state index in [0.717, 1.165) is 36.2 Å². The molecule has 2 aromatic rings. The number of hydrogen-bond donors (Lipinski definition) is 1. The maximum absolute atomic E-state index is 4.65. The number of rotatable bonds is 4. The Morgan fingerprint density at radius 3 is 2.25 bits per heavy atom. The lowest BCUT2D eigenvalue weighted by Gasteiger charge is -2.22. The molecule has 128 valence electrons. The van der Waals surface area contributed by atoms with Crippen LogP contribution in [0.15, 0.2) is 30.3 Å². The van der Waals surface area contributed by atoms with E-state index in [-0.39, 0.29) is 0 Å². The van der Waals surface area contributed by atoms with Gasteiger partial charge in [0, 0.05) is 44.6 Å². The predicted molar refractivity (Wildman–Crippen MR) is 102 cm³/mol. The van der Waals surface area contributed by atoms with Crippen molar-refractivity contribution in [1.29, 1.82) is 0 Å². The minimum atomic E-state index is 0.809. The fourth-order valence-electron chi connectivity index (χ4n) is 3.07. The summed E-state index contributed by atoms with van der Waals surface area (Å²) in [5.41, 5.74) is 2.23. The average Bonchev–Trinajstić information content (AvgIpc) is 2.84. The van der Waals surface area contributed by atoms with Crippen LogP contribution in [-0.2, 0) is 0 Å². The van der Waals surface area contributed by atoms with Gasteiger partial charge in [0.05, 0.1) is 0 Å². The molecule has 1 N–H and O–H groups in total. The predicted octanol–water partition coefficient (Wildman–Crippen LogP) is 3.98. The summed E-state index contributed by atoms with van der Waals surface area (Å²) in [5, 5.41) is 3.41. The Morgan fingerprint density at radius 2 is 1.62 bits per heavy atom. The van der Waals surface area contributed by atoms with Crippen LogP contribution in [0, 0.1) is 6.92 Å². The molecule has 1 aromatic carbocycles. The van der Waals surface area contributed by atoms with Crippen LogP contribution in [0.5, 0.6) is 0 Å². The molecule has 5 nitrogen and oxygen atoms in total. The molecule has 0 atom stereocenters. The summed E-state index contributed by atoms with van der Waals surface area (Å²) in [6, 6.07) is 10.4. The molecule has 0 saturated carbocycles. The van der Waals surface area contributed by atoms with E-state index in [4.69, 9.17) is 0 Å². The average molecular weight is 325 g/mol. The number of aromatic nitrogens is 2. The molecule has 0 bridgehead atoms. The molecule has 0 unspecified atom stereocenters. The van der Waals surface area contributed by atoms with E-state index >= 15 is 0 Å². The van der Waals surface area contributed by atoms with Gasteiger partial charge < -0.3 is 15.1 Å². The molecule has 1 aromatic heterocycles. The van der Waals surface area contributed by atoms with E-state index in [1.54, 1.807) is 0 Å². The SMILES string of the molecule is Cc1nc(Nc2ccc(N(C)C)cc2)cc(N2CCCCCC2)n1. The van der Waals surface area contributed by atoms with Crippen LogP contribution in [0.1, 0.15) is 31.5 Å². The Morgan fingerprint density at radius 1 is 0.958 bits per heavy atom. The van der Waals surface area contributed by atoms with Gasteiger partial charge in [-0.05, 0) is 44.0 Å². The van der Waals surface area contributed by atoms with E-state index in [2.05, 4.69) is 55.4 Å². The third-order valence-corrected chi connectivity index (χ3v) is 4.41. The zero-order chi connectivity index (χ0) is 16.9. The van der Waals surface area contributed by atoms with Gasteiger partial charge in [0.25, 0.3) is 0 Å². The highest BCUT2D eigenvalue weighted by molar-refractivity contribution is 5.62. The van der Waals surface area contributed by atoms with Crippen molar-refractivity contribution in [3.63, 3.8) is 0 Å². The number of benzene rings is 1. The molecule has 0 amide bonds. The number of anilines is 4. The van der Waals surface area contributed by atoms with Crippen molar-refractivity contribution in [3.8, 4) is 0 Å². The van der Waals surface area contributed by atoms with Gasteiger partial charge >= 0.3 is 0 Å². The van der Waals surface area contributed by atoms with Crippen LogP contribution < -0.4 is 15.1 Å². The number of hydrogen-bond acceptors (Lipinski definition) is 5. The minimum Gasteiger partial charge on any atom is -0.378 e. The maximum Gasteiger partial charge on any atom is 0.136 e. The molecule has 1 aliphatic rings. The third-order valence-electron chi connectivity index (χ3n) is 4.41. The molecular formula is C19H27N5. The van der Waals surface area contributed by atoms with Crippen LogP contribution in [0.3, 0.4) is 0 Å². The molecule has 0 aliphatic carbocycles. The van der Waals surface area contributed by atoms with Gasteiger partial charge in [-0.2, -0.15) is 0 Å². The summed E-state index contributed by atoms with van der Waals surface area (Å²) in [5.74, 6) is 2.71. The molecule has 1 saturated heterocycles.